The molecule has 8 heteroatoms. The molecule has 1 aromatic heterocycles. The van der Waals surface area contributed by atoms with Crippen molar-refractivity contribution in [1.82, 2.24) is 15.1 Å². The van der Waals surface area contributed by atoms with Crippen LogP contribution in [0.5, 0.6) is 0 Å². The smallest absolute Gasteiger partial charge is 0.286 e. The third-order valence-corrected chi connectivity index (χ3v) is 6.12. The van der Waals surface area contributed by atoms with E-state index >= 15 is 0 Å². The molecule has 2 aromatic carbocycles. The van der Waals surface area contributed by atoms with E-state index in [0.29, 0.717) is 27.8 Å². The molecule has 1 atom stereocenters. The summed E-state index contributed by atoms with van der Waals surface area (Å²) in [4.78, 5) is 27.1. The van der Waals surface area contributed by atoms with Crippen LogP contribution in [-0.2, 0) is 0 Å². The SMILES string of the molecule is O=C(Nc1cccc(Cl)c1)c1nnc([C@H]2CCCN(C(=O)c3ccccc3)C2)s1. The molecule has 1 fully saturated rings. The number of aromatic nitrogens is 2. The van der Waals surface area contributed by atoms with Crippen LogP contribution in [0.4, 0.5) is 5.69 Å². The van der Waals surface area contributed by atoms with Gasteiger partial charge in [0.05, 0.1) is 0 Å². The maximum atomic E-state index is 12.7. The van der Waals surface area contributed by atoms with Gasteiger partial charge in [0.1, 0.15) is 5.01 Å². The Labute approximate surface area is 177 Å². The van der Waals surface area contributed by atoms with E-state index in [1.165, 1.54) is 11.3 Å². The maximum Gasteiger partial charge on any atom is 0.286 e. The second-order valence-corrected chi connectivity index (χ2v) is 8.31. The van der Waals surface area contributed by atoms with Gasteiger partial charge in [-0.05, 0) is 43.2 Å². The second kappa shape index (κ2) is 8.71. The molecule has 29 heavy (non-hydrogen) atoms. The lowest BCUT2D eigenvalue weighted by Gasteiger charge is -2.31. The third kappa shape index (κ3) is 4.63. The van der Waals surface area contributed by atoms with Gasteiger partial charge in [0.15, 0.2) is 0 Å². The molecule has 4 rings (SSSR count). The second-order valence-electron chi connectivity index (χ2n) is 6.87. The largest absolute Gasteiger partial charge is 0.338 e. The molecule has 0 unspecified atom stereocenters. The Balaban J connectivity index is 1.43. The number of nitrogens with one attached hydrogen (secondary N) is 1. The molecule has 0 radical (unpaired) electrons. The normalized spacial score (nSPS) is 16.4. The number of anilines is 1. The topological polar surface area (TPSA) is 75.2 Å². The summed E-state index contributed by atoms with van der Waals surface area (Å²) < 4.78 is 0. The molecule has 0 spiro atoms. The number of hydrogen-bond donors (Lipinski definition) is 1. The number of nitrogens with zero attached hydrogens (tertiary/aromatic N) is 3. The minimum Gasteiger partial charge on any atom is -0.338 e. The van der Waals surface area contributed by atoms with E-state index in [2.05, 4.69) is 15.5 Å². The first-order valence-corrected chi connectivity index (χ1v) is 10.5. The maximum absolute atomic E-state index is 12.7. The van der Waals surface area contributed by atoms with Gasteiger partial charge >= 0.3 is 0 Å². The van der Waals surface area contributed by atoms with Crippen LogP contribution in [0.1, 0.15) is 43.9 Å². The molecule has 6 nitrogen and oxygen atoms in total. The molecule has 0 bridgehead atoms. The van der Waals surface area contributed by atoms with Crippen LogP contribution >= 0.6 is 22.9 Å². The molecule has 2 amide bonds. The van der Waals surface area contributed by atoms with Crippen molar-refractivity contribution in [3.8, 4) is 0 Å². The van der Waals surface area contributed by atoms with Gasteiger partial charge in [-0.3, -0.25) is 9.59 Å². The average molecular weight is 427 g/mol. The summed E-state index contributed by atoms with van der Waals surface area (Å²) in [5.74, 6) is -0.204. The Bertz CT molecular complexity index is 1020. The summed E-state index contributed by atoms with van der Waals surface area (Å²) in [6.07, 6.45) is 1.82. The van der Waals surface area contributed by atoms with E-state index in [4.69, 9.17) is 11.6 Å². The highest BCUT2D eigenvalue weighted by molar-refractivity contribution is 7.13. The van der Waals surface area contributed by atoms with Crippen molar-refractivity contribution in [2.75, 3.05) is 18.4 Å². The van der Waals surface area contributed by atoms with Crippen LogP contribution in [0.2, 0.25) is 5.02 Å². The molecule has 1 saturated heterocycles. The molecule has 3 aromatic rings. The van der Waals surface area contributed by atoms with Crippen LogP contribution in [0.25, 0.3) is 0 Å². The van der Waals surface area contributed by atoms with Crippen molar-refractivity contribution in [2.45, 2.75) is 18.8 Å². The van der Waals surface area contributed by atoms with Crippen LogP contribution in [0, 0.1) is 0 Å². The minimum atomic E-state index is -0.316. The van der Waals surface area contributed by atoms with E-state index in [1.807, 2.05) is 35.2 Å². The first-order chi connectivity index (χ1) is 14.1. The van der Waals surface area contributed by atoms with Crippen molar-refractivity contribution in [3.63, 3.8) is 0 Å². The lowest BCUT2D eigenvalue weighted by molar-refractivity contribution is 0.0706. The first-order valence-electron chi connectivity index (χ1n) is 9.35. The molecule has 148 valence electrons. The molecule has 1 aliphatic rings. The summed E-state index contributed by atoms with van der Waals surface area (Å²) in [5, 5.41) is 12.7. The molecule has 1 N–H and O–H groups in total. The fourth-order valence-corrected chi connectivity index (χ4v) is 4.42. The molecule has 0 saturated carbocycles. The Kier molecular flexibility index (Phi) is 5.87. The summed E-state index contributed by atoms with van der Waals surface area (Å²) in [6.45, 7) is 1.31. The van der Waals surface area contributed by atoms with Crippen molar-refractivity contribution in [2.24, 2.45) is 0 Å². The third-order valence-electron chi connectivity index (χ3n) is 4.80. The molecular weight excluding hydrogens is 408 g/mol. The predicted octanol–water partition coefficient (Wildman–Crippen LogP) is 4.46. The van der Waals surface area contributed by atoms with Crippen LogP contribution in [0.3, 0.4) is 0 Å². The zero-order valence-corrected chi connectivity index (χ0v) is 17.1. The Hall–Kier alpha value is -2.77. The zero-order valence-electron chi connectivity index (χ0n) is 15.5. The lowest BCUT2D eigenvalue weighted by Crippen LogP contribution is -2.39. The highest BCUT2D eigenvalue weighted by atomic mass is 35.5. The molecule has 0 aliphatic carbocycles. The quantitative estimate of drug-likeness (QED) is 0.668. The van der Waals surface area contributed by atoms with Crippen molar-refractivity contribution in [1.29, 1.82) is 0 Å². The van der Waals surface area contributed by atoms with E-state index in [1.54, 1.807) is 24.3 Å². The van der Waals surface area contributed by atoms with Gasteiger partial charge in [0.25, 0.3) is 11.8 Å². The highest BCUT2D eigenvalue weighted by Gasteiger charge is 2.28. The monoisotopic (exact) mass is 426 g/mol. The highest BCUT2D eigenvalue weighted by Crippen LogP contribution is 2.30. The number of amides is 2. The number of likely N-dealkylation sites (tertiary alicyclic amines) is 1. The summed E-state index contributed by atoms with van der Waals surface area (Å²) in [6, 6.07) is 16.2. The summed E-state index contributed by atoms with van der Waals surface area (Å²) in [7, 11) is 0. The Morgan fingerprint density at radius 3 is 2.72 bits per heavy atom. The van der Waals surface area contributed by atoms with Gasteiger partial charge in [0.2, 0.25) is 5.01 Å². The van der Waals surface area contributed by atoms with Gasteiger partial charge in [-0.15, -0.1) is 10.2 Å². The van der Waals surface area contributed by atoms with Gasteiger partial charge in [-0.2, -0.15) is 0 Å². The fourth-order valence-electron chi connectivity index (χ4n) is 3.37. The number of rotatable bonds is 4. The number of hydrogen-bond acceptors (Lipinski definition) is 5. The standard InChI is InChI=1S/C21H19ClN4O2S/c22-16-9-4-10-17(12-16)23-18(27)20-25-24-19(29-20)15-8-5-11-26(13-15)21(28)14-6-2-1-3-7-14/h1-4,6-7,9-10,12,15H,5,8,11,13H2,(H,23,27)/t15-/m0/s1. The van der Waals surface area contributed by atoms with Gasteiger partial charge in [-0.25, -0.2) is 0 Å². The van der Waals surface area contributed by atoms with E-state index < -0.39 is 0 Å². The first kappa shape index (κ1) is 19.5. The van der Waals surface area contributed by atoms with E-state index in [0.717, 1.165) is 24.4 Å². The van der Waals surface area contributed by atoms with Crippen molar-refractivity contribution >= 4 is 40.4 Å². The van der Waals surface area contributed by atoms with Crippen LogP contribution in [0.15, 0.2) is 54.6 Å². The molecular formula is C21H19ClN4O2S. The Morgan fingerprint density at radius 2 is 1.93 bits per heavy atom. The van der Waals surface area contributed by atoms with Crippen molar-refractivity contribution in [3.05, 3.63) is 75.2 Å². The van der Waals surface area contributed by atoms with Crippen LogP contribution < -0.4 is 5.32 Å². The summed E-state index contributed by atoms with van der Waals surface area (Å²) >= 11 is 7.23. The number of benzene rings is 2. The minimum absolute atomic E-state index is 0.0266. The van der Waals surface area contributed by atoms with E-state index in [-0.39, 0.29) is 17.7 Å². The fraction of sp³-hybridized carbons (Fsp3) is 0.238. The van der Waals surface area contributed by atoms with Gasteiger partial charge < -0.3 is 10.2 Å². The zero-order chi connectivity index (χ0) is 20.2. The number of carbonyl (C=O) groups excluding carboxylic acids is 2. The number of halogens is 1. The van der Waals surface area contributed by atoms with Crippen LogP contribution in [-0.4, -0.2) is 40.0 Å². The average Bonchev–Trinajstić information content (AvgIpc) is 3.25. The molecule has 1 aliphatic heterocycles. The molecule has 2 heterocycles. The van der Waals surface area contributed by atoms with Gasteiger partial charge in [0, 0.05) is 35.3 Å². The van der Waals surface area contributed by atoms with Crippen molar-refractivity contribution < 1.29 is 9.59 Å². The lowest BCUT2D eigenvalue weighted by atomic mass is 9.98. The number of piperidine rings is 1. The van der Waals surface area contributed by atoms with Gasteiger partial charge in [-0.1, -0.05) is 47.2 Å². The summed E-state index contributed by atoms with van der Waals surface area (Å²) in [5.41, 5.74) is 1.29. The van der Waals surface area contributed by atoms with E-state index in [9.17, 15) is 9.59 Å². The number of carbonyl (C=O) groups is 2. The predicted molar refractivity (Wildman–Crippen MR) is 114 cm³/mol. The Morgan fingerprint density at radius 1 is 1.10 bits per heavy atom.